The molecular formula is C29H26N4. The summed E-state index contributed by atoms with van der Waals surface area (Å²) in [6.07, 6.45) is 0. The lowest BCUT2D eigenvalue weighted by Gasteiger charge is -2.22. The first kappa shape index (κ1) is 20.8. The zero-order valence-corrected chi connectivity index (χ0v) is 19.2. The molecule has 33 heavy (non-hydrogen) atoms. The molecule has 1 aromatic heterocycles. The molecule has 5 rings (SSSR count). The summed E-state index contributed by atoms with van der Waals surface area (Å²) in [6, 6.07) is 27.2. The van der Waals surface area contributed by atoms with E-state index < -0.39 is 0 Å². The highest BCUT2D eigenvalue weighted by molar-refractivity contribution is 6.12. The fourth-order valence-corrected chi connectivity index (χ4v) is 4.64. The molecule has 4 heteroatoms. The molecule has 0 aliphatic carbocycles. The van der Waals surface area contributed by atoms with Gasteiger partial charge in [0.2, 0.25) is 0 Å². The van der Waals surface area contributed by atoms with Gasteiger partial charge in [0.25, 0.3) is 0 Å². The summed E-state index contributed by atoms with van der Waals surface area (Å²) in [4.78, 5) is 10.8. The van der Waals surface area contributed by atoms with Crippen molar-refractivity contribution in [1.82, 2.24) is 9.97 Å². The van der Waals surface area contributed by atoms with E-state index in [1.807, 2.05) is 24.3 Å². The number of rotatable bonds is 5. The topological polar surface area (TPSA) is 55.7 Å². The third-order valence-electron chi connectivity index (χ3n) is 6.41. The van der Waals surface area contributed by atoms with Crippen LogP contribution in [0.3, 0.4) is 0 Å². The molecule has 4 aromatic carbocycles. The Morgan fingerprint density at radius 3 is 2.27 bits per heavy atom. The molecule has 0 amide bonds. The van der Waals surface area contributed by atoms with Crippen LogP contribution in [0.1, 0.15) is 25.0 Å². The van der Waals surface area contributed by atoms with E-state index in [0.717, 1.165) is 40.9 Å². The number of fused-ring (bicyclic) bond motifs is 3. The molecular weight excluding hydrogens is 404 g/mol. The Kier molecular flexibility index (Phi) is 5.32. The van der Waals surface area contributed by atoms with Crippen LogP contribution in [0.5, 0.6) is 0 Å². The van der Waals surface area contributed by atoms with Crippen molar-refractivity contribution < 1.29 is 0 Å². The molecule has 162 valence electrons. The minimum Gasteiger partial charge on any atom is -0.372 e. The van der Waals surface area contributed by atoms with Gasteiger partial charge in [-0.1, -0.05) is 30.3 Å². The number of aryl methyl sites for hydroxylation is 1. The highest BCUT2D eigenvalue weighted by Gasteiger charge is 2.15. The van der Waals surface area contributed by atoms with Crippen molar-refractivity contribution in [1.29, 1.82) is 5.26 Å². The number of nitriles is 1. The lowest BCUT2D eigenvalue weighted by molar-refractivity contribution is 0.866. The average molecular weight is 431 g/mol. The van der Waals surface area contributed by atoms with Crippen LogP contribution in [0.25, 0.3) is 44.3 Å². The predicted molar refractivity (Wildman–Crippen MR) is 137 cm³/mol. The van der Waals surface area contributed by atoms with E-state index in [1.54, 1.807) is 0 Å². The molecule has 0 spiro atoms. The number of nitrogens with zero attached hydrogens (tertiary/aromatic N) is 3. The second kappa shape index (κ2) is 8.44. The fraction of sp³-hybridized carbons (Fsp3) is 0.172. The molecule has 1 heterocycles. The number of aromatic nitrogens is 2. The molecule has 0 saturated heterocycles. The molecule has 0 aliphatic rings. The Morgan fingerprint density at radius 1 is 0.879 bits per heavy atom. The third-order valence-corrected chi connectivity index (χ3v) is 6.41. The second-order valence-corrected chi connectivity index (χ2v) is 8.31. The van der Waals surface area contributed by atoms with E-state index >= 15 is 0 Å². The number of aromatic amines is 1. The number of hydrogen-bond acceptors (Lipinski definition) is 3. The molecule has 5 aromatic rings. The molecule has 0 bridgehead atoms. The maximum absolute atomic E-state index is 9.09. The lowest BCUT2D eigenvalue weighted by atomic mass is 9.94. The maximum atomic E-state index is 9.09. The molecule has 1 N–H and O–H groups in total. The first-order valence-corrected chi connectivity index (χ1v) is 11.4. The van der Waals surface area contributed by atoms with Crippen molar-refractivity contribution in [3.8, 4) is 28.6 Å². The summed E-state index contributed by atoms with van der Waals surface area (Å²) in [7, 11) is 0. The number of anilines is 1. The van der Waals surface area contributed by atoms with E-state index in [4.69, 9.17) is 10.2 Å². The SMILES string of the molecule is CCN(CC)c1ccc(-c2cc3[nH]c(-c4ccc(C#N)cc4)nc3c3ccccc23)c(C)c1. The Labute approximate surface area is 194 Å². The van der Waals surface area contributed by atoms with Gasteiger partial charge in [-0.25, -0.2) is 4.98 Å². The first-order valence-electron chi connectivity index (χ1n) is 11.4. The van der Waals surface area contributed by atoms with Gasteiger partial charge in [-0.15, -0.1) is 0 Å². The Bertz CT molecular complexity index is 1500. The summed E-state index contributed by atoms with van der Waals surface area (Å²) >= 11 is 0. The highest BCUT2D eigenvalue weighted by Crippen LogP contribution is 2.37. The second-order valence-electron chi connectivity index (χ2n) is 8.31. The van der Waals surface area contributed by atoms with Crippen molar-refractivity contribution >= 4 is 27.5 Å². The Morgan fingerprint density at radius 2 is 1.61 bits per heavy atom. The minimum atomic E-state index is 0.645. The number of nitrogens with one attached hydrogen (secondary N) is 1. The molecule has 0 saturated carbocycles. The normalized spacial score (nSPS) is 11.1. The number of H-pyrrole nitrogens is 1. The van der Waals surface area contributed by atoms with Crippen LogP contribution in [-0.4, -0.2) is 23.1 Å². The summed E-state index contributed by atoms with van der Waals surface area (Å²) in [5.41, 5.74) is 8.55. The molecule has 0 fully saturated rings. The number of imidazole rings is 1. The van der Waals surface area contributed by atoms with Gasteiger partial charge >= 0.3 is 0 Å². The summed E-state index contributed by atoms with van der Waals surface area (Å²) in [5.74, 6) is 0.811. The van der Waals surface area contributed by atoms with Gasteiger partial charge in [-0.3, -0.25) is 0 Å². The average Bonchev–Trinajstić information content (AvgIpc) is 3.29. The van der Waals surface area contributed by atoms with Crippen LogP contribution in [0.2, 0.25) is 0 Å². The first-order chi connectivity index (χ1) is 16.1. The summed E-state index contributed by atoms with van der Waals surface area (Å²) < 4.78 is 0. The quantitative estimate of drug-likeness (QED) is 0.324. The van der Waals surface area contributed by atoms with E-state index in [1.165, 1.54) is 27.8 Å². The predicted octanol–water partition coefficient (Wildman–Crippen LogP) is 7.08. The van der Waals surface area contributed by atoms with Gasteiger partial charge in [0.1, 0.15) is 5.82 Å². The Hall–Kier alpha value is -4.10. The lowest BCUT2D eigenvalue weighted by Crippen LogP contribution is -2.21. The van der Waals surface area contributed by atoms with Gasteiger partial charge in [-0.05, 0) is 85.3 Å². The third kappa shape index (κ3) is 3.62. The summed E-state index contributed by atoms with van der Waals surface area (Å²) in [5, 5.41) is 11.4. The maximum Gasteiger partial charge on any atom is 0.138 e. The molecule has 0 radical (unpaired) electrons. The minimum absolute atomic E-state index is 0.645. The van der Waals surface area contributed by atoms with E-state index in [9.17, 15) is 0 Å². The van der Waals surface area contributed by atoms with Crippen LogP contribution in [-0.2, 0) is 0 Å². The van der Waals surface area contributed by atoms with Gasteiger partial charge in [0, 0.05) is 29.7 Å². The van der Waals surface area contributed by atoms with Crippen LogP contribution in [0.15, 0.2) is 72.8 Å². The molecule has 4 nitrogen and oxygen atoms in total. The van der Waals surface area contributed by atoms with E-state index in [-0.39, 0.29) is 0 Å². The molecule has 0 atom stereocenters. The fourth-order valence-electron chi connectivity index (χ4n) is 4.64. The van der Waals surface area contributed by atoms with Crippen molar-refractivity contribution in [3.05, 3.63) is 83.9 Å². The van der Waals surface area contributed by atoms with Crippen molar-refractivity contribution in [2.45, 2.75) is 20.8 Å². The van der Waals surface area contributed by atoms with Gasteiger partial charge < -0.3 is 9.88 Å². The number of benzene rings is 4. The smallest absolute Gasteiger partial charge is 0.138 e. The summed E-state index contributed by atoms with van der Waals surface area (Å²) in [6.45, 7) is 8.57. The molecule has 0 unspecified atom stereocenters. The monoisotopic (exact) mass is 430 g/mol. The highest BCUT2D eigenvalue weighted by atomic mass is 15.1. The standard InChI is InChI=1S/C29H26N4/c1-4-33(5-2)22-14-15-23(19(3)16-22)26-17-27-28(25-9-7-6-8-24(25)26)32-29(31-27)21-12-10-20(18-30)11-13-21/h6-17H,4-5H2,1-3H3,(H,31,32). The Balaban J connectivity index is 1.69. The van der Waals surface area contributed by atoms with E-state index in [0.29, 0.717) is 5.56 Å². The molecule has 0 aliphatic heterocycles. The van der Waals surface area contributed by atoms with Crippen molar-refractivity contribution in [2.24, 2.45) is 0 Å². The van der Waals surface area contributed by atoms with Crippen molar-refractivity contribution in [3.63, 3.8) is 0 Å². The zero-order chi connectivity index (χ0) is 22.9. The zero-order valence-electron chi connectivity index (χ0n) is 19.2. The van der Waals surface area contributed by atoms with Gasteiger partial charge in [-0.2, -0.15) is 5.26 Å². The van der Waals surface area contributed by atoms with Crippen LogP contribution < -0.4 is 4.90 Å². The largest absolute Gasteiger partial charge is 0.372 e. The van der Waals surface area contributed by atoms with E-state index in [2.05, 4.69) is 85.3 Å². The van der Waals surface area contributed by atoms with Gasteiger partial charge in [0.05, 0.1) is 22.7 Å². The van der Waals surface area contributed by atoms with Gasteiger partial charge in [0.15, 0.2) is 0 Å². The van der Waals surface area contributed by atoms with Crippen LogP contribution in [0.4, 0.5) is 5.69 Å². The van der Waals surface area contributed by atoms with Crippen LogP contribution >= 0.6 is 0 Å². The van der Waals surface area contributed by atoms with Crippen molar-refractivity contribution in [2.75, 3.05) is 18.0 Å². The van der Waals surface area contributed by atoms with Crippen LogP contribution in [0, 0.1) is 18.3 Å². The number of hydrogen-bond donors (Lipinski definition) is 1.